The molecule has 0 radical (unpaired) electrons. The van der Waals surface area contributed by atoms with Crippen molar-refractivity contribution in [1.29, 1.82) is 0 Å². The number of rotatable bonds is 12. The lowest BCUT2D eigenvalue weighted by molar-refractivity contribution is -0.155. The van der Waals surface area contributed by atoms with Crippen LogP contribution in [0.2, 0.25) is 0 Å². The summed E-state index contributed by atoms with van der Waals surface area (Å²) in [4.78, 5) is 41.3. The third kappa shape index (κ3) is 6.09. The first-order valence-electron chi connectivity index (χ1n) is 11.9. The van der Waals surface area contributed by atoms with E-state index in [9.17, 15) is 14.4 Å². The summed E-state index contributed by atoms with van der Waals surface area (Å²) in [5.41, 5.74) is 0. The molecule has 0 saturated carbocycles. The summed E-state index contributed by atoms with van der Waals surface area (Å²) in [6.07, 6.45) is 9.01. The number of esters is 1. The van der Waals surface area contributed by atoms with Gasteiger partial charge in [-0.25, -0.2) is 0 Å². The van der Waals surface area contributed by atoms with Gasteiger partial charge >= 0.3 is 5.97 Å². The Bertz CT molecular complexity index is 648. The van der Waals surface area contributed by atoms with Crippen LogP contribution in [0.4, 0.5) is 0 Å². The number of allylic oxidation sites excluding steroid dienone is 1. The third-order valence-electron chi connectivity index (χ3n) is 6.30. The van der Waals surface area contributed by atoms with E-state index < -0.39 is 17.9 Å². The van der Waals surface area contributed by atoms with Gasteiger partial charge in [-0.2, -0.15) is 0 Å². The molecule has 1 fully saturated rings. The van der Waals surface area contributed by atoms with Gasteiger partial charge in [0.15, 0.2) is 0 Å². The number of ether oxygens (including phenoxy) is 1. The van der Waals surface area contributed by atoms with Gasteiger partial charge in [-0.05, 0) is 46.0 Å². The fourth-order valence-electron chi connectivity index (χ4n) is 5.02. The molecule has 0 spiro atoms. The van der Waals surface area contributed by atoms with Crippen molar-refractivity contribution in [3.05, 3.63) is 12.2 Å². The Hall–Kier alpha value is -1.89. The largest absolute Gasteiger partial charge is 0.466 e. The van der Waals surface area contributed by atoms with Crippen molar-refractivity contribution >= 4 is 17.8 Å². The molecule has 7 nitrogen and oxygen atoms in total. The van der Waals surface area contributed by atoms with Crippen LogP contribution in [-0.2, 0) is 19.1 Å². The van der Waals surface area contributed by atoms with Gasteiger partial charge in [-0.15, -0.1) is 0 Å². The number of hydrogen-bond donors (Lipinski definition) is 2. The predicted molar refractivity (Wildman–Crippen MR) is 119 cm³/mol. The van der Waals surface area contributed by atoms with Gasteiger partial charge in [0.2, 0.25) is 11.8 Å². The molecule has 0 aromatic heterocycles. The Kier molecular flexibility index (Phi) is 10.0. The second kappa shape index (κ2) is 12.2. The van der Waals surface area contributed by atoms with E-state index in [2.05, 4.69) is 12.2 Å². The number of nitrogens with one attached hydrogen (secondary N) is 1. The Morgan fingerprint density at radius 3 is 2.48 bits per heavy atom. The van der Waals surface area contributed by atoms with E-state index in [1.165, 1.54) is 0 Å². The van der Waals surface area contributed by atoms with Crippen molar-refractivity contribution in [2.75, 3.05) is 19.8 Å². The van der Waals surface area contributed by atoms with Crippen molar-refractivity contribution in [3.8, 4) is 0 Å². The van der Waals surface area contributed by atoms with Crippen LogP contribution in [0.5, 0.6) is 0 Å². The zero-order valence-electron chi connectivity index (χ0n) is 19.5. The molecule has 0 aromatic rings. The lowest BCUT2D eigenvalue weighted by atomic mass is 9.69. The molecule has 1 aliphatic carbocycles. The van der Waals surface area contributed by atoms with E-state index in [-0.39, 0.29) is 48.9 Å². The quantitative estimate of drug-likeness (QED) is 0.279. The first-order chi connectivity index (χ1) is 14.9. The molecule has 2 N–H and O–H groups in total. The van der Waals surface area contributed by atoms with Gasteiger partial charge in [-0.1, -0.05) is 38.3 Å². The smallest absolute Gasteiger partial charge is 0.310 e. The number of nitrogens with zero attached hydrogens (tertiary/aromatic N) is 1. The van der Waals surface area contributed by atoms with Crippen LogP contribution < -0.4 is 5.32 Å². The topological polar surface area (TPSA) is 95.9 Å². The van der Waals surface area contributed by atoms with E-state index in [0.29, 0.717) is 6.54 Å². The Labute approximate surface area is 186 Å². The van der Waals surface area contributed by atoms with E-state index in [1.54, 1.807) is 11.8 Å². The summed E-state index contributed by atoms with van der Waals surface area (Å²) in [5.74, 6) is -2.08. The highest BCUT2D eigenvalue weighted by molar-refractivity contribution is 5.96. The maximum Gasteiger partial charge on any atom is 0.310 e. The molecule has 1 aliphatic heterocycles. The summed E-state index contributed by atoms with van der Waals surface area (Å²) < 4.78 is 5.37. The lowest BCUT2D eigenvalue weighted by Gasteiger charge is -2.34. The monoisotopic (exact) mass is 436 g/mol. The van der Waals surface area contributed by atoms with Gasteiger partial charge < -0.3 is 20.1 Å². The number of aliphatic hydroxyl groups is 1. The second-order valence-corrected chi connectivity index (χ2v) is 9.00. The molecule has 2 rings (SSSR count). The minimum Gasteiger partial charge on any atom is -0.466 e. The molecule has 0 bridgehead atoms. The van der Waals surface area contributed by atoms with Crippen LogP contribution in [0, 0.1) is 23.7 Å². The average Bonchev–Trinajstić information content (AvgIpc) is 2.99. The standard InChI is InChI=1S/C24H40N2O5/c1-5-11-17-12-13-18-20(19(17)24(30)31-6-2)23(29)26(14-9-7-8-10-15-27)21(18)22(28)25-16(3)4/h12-13,16-21,27H,5-11,14-15H2,1-4H3,(H,25,28)/t17-,18+,19-,20-,21+/m1/s1. The number of carbonyl (C=O) groups excluding carboxylic acids is 3. The molecule has 0 unspecified atom stereocenters. The number of aliphatic hydroxyl groups excluding tert-OH is 1. The van der Waals surface area contributed by atoms with Crippen LogP contribution in [0.3, 0.4) is 0 Å². The predicted octanol–water partition coefficient (Wildman–Crippen LogP) is 2.67. The summed E-state index contributed by atoms with van der Waals surface area (Å²) in [5, 5.41) is 12.0. The van der Waals surface area contributed by atoms with Crippen molar-refractivity contribution < 1.29 is 24.2 Å². The number of amides is 2. The molecule has 0 aromatic carbocycles. The zero-order valence-corrected chi connectivity index (χ0v) is 19.5. The summed E-state index contributed by atoms with van der Waals surface area (Å²) in [6.45, 7) is 8.57. The van der Waals surface area contributed by atoms with E-state index in [0.717, 1.165) is 38.5 Å². The van der Waals surface area contributed by atoms with E-state index >= 15 is 0 Å². The number of likely N-dealkylation sites (tertiary alicyclic amines) is 1. The summed E-state index contributed by atoms with van der Waals surface area (Å²) in [6, 6.07) is -0.636. The number of unbranched alkanes of at least 4 members (excludes halogenated alkanes) is 3. The van der Waals surface area contributed by atoms with Crippen LogP contribution in [0.1, 0.15) is 66.2 Å². The highest BCUT2D eigenvalue weighted by Gasteiger charge is 2.57. The Morgan fingerprint density at radius 2 is 1.87 bits per heavy atom. The zero-order chi connectivity index (χ0) is 23.0. The first kappa shape index (κ1) is 25.4. The Morgan fingerprint density at radius 1 is 1.16 bits per heavy atom. The maximum atomic E-state index is 13.6. The normalized spacial score (nSPS) is 27.5. The van der Waals surface area contributed by atoms with Gasteiger partial charge in [0.1, 0.15) is 6.04 Å². The number of fused-ring (bicyclic) bond motifs is 1. The number of hydrogen-bond acceptors (Lipinski definition) is 5. The molecule has 5 atom stereocenters. The van der Waals surface area contributed by atoms with Crippen LogP contribution in [-0.4, -0.2) is 59.6 Å². The molecule has 176 valence electrons. The molecule has 31 heavy (non-hydrogen) atoms. The average molecular weight is 437 g/mol. The number of carbonyl (C=O) groups is 3. The lowest BCUT2D eigenvalue weighted by Crippen LogP contribution is -2.49. The molecular weight excluding hydrogens is 396 g/mol. The fourth-order valence-corrected chi connectivity index (χ4v) is 5.02. The minimum absolute atomic E-state index is 0.0330. The SMILES string of the molecule is CCC[C@@H]1C=C[C@H]2[C@@H](C(=O)N(CCCCCCO)[C@@H]2C(=O)NC(C)C)[C@@H]1C(=O)OCC. The minimum atomic E-state index is -0.603. The Balaban J connectivity index is 2.33. The van der Waals surface area contributed by atoms with Gasteiger partial charge in [-0.3, -0.25) is 14.4 Å². The third-order valence-corrected chi connectivity index (χ3v) is 6.30. The first-order valence-corrected chi connectivity index (χ1v) is 11.9. The van der Waals surface area contributed by atoms with Crippen molar-refractivity contribution in [2.24, 2.45) is 23.7 Å². The fraction of sp³-hybridized carbons (Fsp3) is 0.792. The van der Waals surface area contributed by atoms with Crippen molar-refractivity contribution in [2.45, 2.75) is 78.3 Å². The molecule has 1 saturated heterocycles. The molecule has 2 amide bonds. The van der Waals surface area contributed by atoms with Crippen LogP contribution in [0.15, 0.2) is 12.2 Å². The molecule has 7 heteroatoms. The highest BCUT2D eigenvalue weighted by atomic mass is 16.5. The van der Waals surface area contributed by atoms with E-state index in [1.807, 2.05) is 26.0 Å². The summed E-state index contributed by atoms with van der Waals surface area (Å²) >= 11 is 0. The summed E-state index contributed by atoms with van der Waals surface area (Å²) in [7, 11) is 0. The van der Waals surface area contributed by atoms with Crippen molar-refractivity contribution in [3.63, 3.8) is 0 Å². The van der Waals surface area contributed by atoms with Crippen LogP contribution >= 0.6 is 0 Å². The molecular formula is C24H40N2O5. The van der Waals surface area contributed by atoms with Gasteiger partial charge in [0, 0.05) is 25.1 Å². The second-order valence-electron chi connectivity index (χ2n) is 9.00. The van der Waals surface area contributed by atoms with Crippen LogP contribution in [0.25, 0.3) is 0 Å². The van der Waals surface area contributed by atoms with E-state index in [4.69, 9.17) is 9.84 Å². The molecule has 2 aliphatic rings. The van der Waals surface area contributed by atoms with Gasteiger partial charge in [0.25, 0.3) is 0 Å². The van der Waals surface area contributed by atoms with Crippen molar-refractivity contribution in [1.82, 2.24) is 10.2 Å². The molecule has 1 heterocycles. The van der Waals surface area contributed by atoms with Gasteiger partial charge in [0.05, 0.1) is 18.4 Å². The highest BCUT2D eigenvalue weighted by Crippen LogP contribution is 2.45. The maximum absolute atomic E-state index is 13.6.